The Morgan fingerprint density at radius 3 is 2.68 bits per heavy atom. The van der Waals surface area contributed by atoms with Crippen molar-refractivity contribution in [2.75, 3.05) is 18.4 Å². The third-order valence-corrected chi connectivity index (χ3v) is 8.30. The summed E-state index contributed by atoms with van der Waals surface area (Å²) >= 11 is 6.02. The zero-order valence-corrected chi connectivity index (χ0v) is 20.3. The first-order valence-corrected chi connectivity index (χ1v) is 13.0. The summed E-state index contributed by atoms with van der Waals surface area (Å²) in [6, 6.07) is 12.4. The summed E-state index contributed by atoms with van der Waals surface area (Å²) < 4.78 is 29.5. The Labute approximate surface area is 203 Å². The summed E-state index contributed by atoms with van der Waals surface area (Å²) in [7, 11) is -3.57. The van der Waals surface area contributed by atoms with Crippen LogP contribution in [0.3, 0.4) is 0 Å². The van der Waals surface area contributed by atoms with Crippen molar-refractivity contribution in [2.45, 2.75) is 37.1 Å². The average molecular weight is 497 g/mol. The predicted octanol–water partition coefficient (Wildman–Crippen LogP) is 4.27. The van der Waals surface area contributed by atoms with Crippen molar-refractivity contribution in [3.05, 3.63) is 82.9 Å². The standard InChI is InChI=1S/C24H25ClN6O2S/c1-17-14-28-31-23(27-16-18-4-3-9-26-15-18)13-22(29-24(17)31)19-7-10-30(11-8-19)34(32,33)21-6-2-5-20(25)12-21/h2-6,9,12-15,19,27H,7-8,10-11,16H2,1H3. The zero-order valence-electron chi connectivity index (χ0n) is 18.7. The summed E-state index contributed by atoms with van der Waals surface area (Å²) in [6.45, 7) is 3.47. The average Bonchev–Trinajstić information content (AvgIpc) is 3.24. The lowest BCUT2D eigenvalue weighted by atomic mass is 9.94. The smallest absolute Gasteiger partial charge is 0.243 e. The zero-order chi connectivity index (χ0) is 23.7. The Balaban J connectivity index is 1.36. The summed E-state index contributed by atoms with van der Waals surface area (Å²) in [5.74, 6) is 1.01. The SMILES string of the molecule is Cc1cnn2c(NCc3cccnc3)cc(C3CCN(S(=O)(=O)c4cccc(Cl)c4)CC3)nc12. The van der Waals surface area contributed by atoms with Crippen molar-refractivity contribution >= 4 is 33.1 Å². The second-order valence-electron chi connectivity index (χ2n) is 8.48. The van der Waals surface area contributed by atoms with Gasteiger partial charge in [0.15, 0.2) is 5.65 Å². The minimum atomic E-state index is -3.57. The molecule has 1 saturated heterocycles. The maximum absolute atomic E-state index is 13.1. The van der Waals surface area contributed by atoms with Crippen LogP contribution in [0, 0.1) is 6.92 Å². The number of nitrogens with zero attached hydrogens (tertiary/aromatic N) is 5. The van der Waals surface area contributed by atoms with E-state index in [0.29, 0.717) is 37.5 Å². The monoisotopic (exact) mass is 496 g/mol. The van der Waals surface area contributed by atoms with Gasteiger partial charge in [-0.05, 0) is 49.6 Å². The highest BCUT2D eigenvalue weighted by molar-refractivity contribution is 7.89. The molecule has 176 valence electrons. The molecule has 0 amide bonds. The van der Waals surface area contributed by atoms with Gasteiger partial charge in [0.25, 0.3) is 0 Å². The highest BCUT2D eigenvalue weighted by Gasteiger charge is 2.31. The van der Waals surface area contributed by atoms with E-state index in [0.717, 1.165) is 28.3 Å². The first kappa shape index (κ1) is 22.8. The maximum atomic E-state index is 13.1. The topological polar surface area (TPSA) is 92.5 Å². The number of sulfonamides is 1. The van der Waals surface area contributed by atoms with E-state index in [-0.39, 0.29) is 10.8 Å². The molecule has 8 nitrogen and oxygen atoms in total. The van der Waals surface area contributed by atoms with Gasteiger partial charge in [0.1, 0.15) is 5.82 Å². The van der Waals surface area contributed by atoms with Gasteiger partial charge >= 0.3 is 0 Å². The van der Waals surface area contributed by atoms with Gasteiger partial charge in [0, 0.05) is 60.3 Å². The van der Waals surface area contributed by atoms with Crippen LogP contribution < -0.4 is 5.32 Å². The number of pyridine rings is 1. The Morgan fingerprint density at radius 2 is 1.94 bits per heavy atom. The molecular weight excluding hydrogens is 472 g/mol. The third-order valence-electron chi connectivity index (χ3n) is 6.17. The van der Waals surface area contributed by atoms with Crippen LogP contribution in [0.15, 0.2) is 66.0 Å². The van der Waals surface area contributed by atoms with Gasteiger partial charge in [-0.2, -0.15) is 13.9 Å². The third kappa shape index (κ3) is 4.51. The van der Waals surface area contributed by atoms with Crippen LogP contribution in [-0.2, 0) is 16.6 Å². The molecule has 0 bridgehead atoms. The van der Waals surface area contributed by atoms with Gasteiger partial charge in [0.2, 0.25) is 10.0 Å². The number of hydrogen-bond acceptors (Lipinski definition) is 6. The highest BCUT2D eigenvalue weighted by atomic mass is 35.5. The van der Waals surface area contributed by atoms with Gasteiger partial charge in [-0.25, -0.2) is 13.4 Å². The molecule has 1 aromatic carbocycles. The van der Waals surface area contributed by atoms with Crippen molar-refractivity contribution in [3.63, 3.8) is 0 Å². The number of anilines is 1. The van der Waals surface area contributed by atoms with Crippen LogP contribution in [0.5, 0.6) is 0 Å². The van der Waals surface area contributed by atoms with E-state index in [4.69, 9.17) is 16.6 Å². The minimum Gasteiger partial charge on any atom is -0.366 e. The van der Waals surface area contributed by atoms with Crippen molar-refractivity contribution in [1.29, 1.82) is 0 Å². The lowest BCUT2D eigenvalue weighted by Crippen LogP contribution is -2.38. The molecular formula is C24H25ClN6O2S. The fourth-order valence-corrected chi connectivity index (χ4v) is 6.06. The van der Waals surface area contributed by atoms with Crippen molar-refractivity contribution in [2.24, 2.45) is 0 Å². The van der Waals surface area contributed by atoms with Crippen LogP contribution in [-0.4, -0.2) is 45.4 Å². The van der Waals surface area contributed by atoms with Crippen molar-refractivity contribution in [1.82, 2.24) is 23.9 Å². The van der Waals surface area contributed by atoms with Crippen molar-refractivity contribution in [3.8, 4) is 0 Å². The lowest BCUT2D eigenvalue weighted by Gasteiger charge is -2.31. The second kappa shape index (κ2) is 9.32. The van der Waals surface area contributed by atoms with E-state index >= 15 is 0 Å². The molecule has 1 aliphatic heterocycles. The molecule has 10 heteroatoms. The fraction of sp³-hybridized carbons (Fsp3) is 0.292. The predicted molar refractivity (Wildman–Crippen MR) is 131 cm³/mol. The molecule has 0 atom stereocenters. The summed E-state index contributed by atoms with van der Waals surface area (Å²) in [4.78, 5) is 9.30. The molecule has 1 N–H and O–H groups in total. The van der Waals surface area contributed by atoms with Gasteiger partial charge in [-0.3, -0.25) is 4.98 Å². The van der Waals surface area contributed by atoms with Crippen molar-refractivity contribution < 1.29 is 8.42 Å². The first-order chi connectivity index (χ1) is 16.4. The Morgan fingerprint density at radius 1 is 1.12 bits per heavy atom. The van der Waals surface area contributed by atoms with Crippen LogP contribution in [0.2, 0.25) is 5.02 Å². The van der Waals surface area contributed by atoms with E-state index in [1.807, 2.05) is 42.0 Å². The number of halogens is 1. The van der Waals surface area contributed by atoms with Crippen LogP contribution in [0.25, 0.3) is 5.65 Å². The van der Waals surface area contributed by atoms with Gasteiger partial charge in [-0.1, -0.05) is 23.7 Å². The number of hydrogen-bond donors (Lipinski definition) is 1. The molecule has 4 aromatic rings. The molecule has 0 spiro atoms. The number of piperidine rings is 1. The fourth-order valence-electron chi connectivity index (χ4n) is 4.29. The maximum Gasteiger partial charge on any atom is 0.243 e. The van der Waals surface area contributed by atoms with Gasteiger partial charge < -0.3 is 5.32 Å². The number of aromatic nitrogens is 4. The molecule has 0 unspecified atom stereocenters. The first-order valence-electron chi connectivity index (χ1n) is 11.2. The number of rotatable bonds is 6. The summed E-state index contributed by atoms with van der Waals surface area (Å²) in [6.07, 6.45) is 6.77. The van der Waals surface area contributed by atoms with Crippen LogP contribution in [0.1, 0.15) is 35.6 Å². The normalized spacial score (nSPS) is 15.6. The van der Waals surface area contributed by atoms with E-state index in [1.165, 1.54) is 6.07 Å². The lowest BCUT2D eigenvalue weighted by molar-refractivity contribution is 0.317. The number of fused-ring (bicyclic) bond motifs is 1. The van der Waals surface area contributed by atoms with E-state index < -0.39 is 10.0 Å². The molecule has 0 saturated carbocycles. The van der Waals surface area contributed by atoms with E-state index in [2.05, 4.69) is 15.4 Å². The van der Waals surface area contributed by atoms with E-state index in [9.17, 15) is 8.42 Å². The molecule has 3 aromatic heterocycles. The number of nitrogens with one attached hydrogen (secondary N) is 1. The number of benzene rings is 1. The second-order valence-corrected chi connectivity index (χ2v) is 10.9. The molecule has 5 rings (SSSR count). The van der Waals surface area contributed by atoms with Crippen LogP contribution >= 0.6 is 11.6 Å². The Bertz CT molecular complexity index is 1420. The molecule has 0 radical (unpaired) electrons. The molecule has 1 aliphatic rings. The largest absolute Gasteiger partial charge is 0.366 e. The van der Waals surface area contributed by atoms with E-state index in [1.54, 1.807) is 28.7 Å². The summed E-state index contributed by atoms with van der Waals surface area (Å²) in [5.41, 5.74) is 3.81. The Hall–Kier alpha value is -3.01. The summed E-state index contributed by atoms with van der Waals surface area (Å²) in [5, 5.41) is 8.35. The highest BCUT2D eigenvalue weighted by Crippen LogP contribution is 2.32. The molecule has 1 fully saturated rings. The minimum absolute atomic E-state index is 0.157. The number of aryl methyl sites for hydroxylation is 1. The molecule has 34 heavy (non-hydrogen) atoms. The Kier molecular flexibility index (Phi) is 6.24. The van der Waals surface area contributed by atoms with Gasteiger partial charge in [-0.15, -0.1) is 0 Å². The molecule has 0 aliphatic carbocycles. The quantitative estimate of drug-likeness (QED) is 0.428. The molecule has 4 heterocycles. The van der Waals surface area contributed by atoms with Crippen LogP contribution in [0.4, 0.5) is 5.82 Å². The van der Waals surface area contributed by atoms with Gasteiger partial charge in [0.05, 0.1) is 11.1 Å².